The minimum atomic E-state index is -0.0976. The zero-order valence-electron chi connectivity index (χ0n) is 13.1. The Labute approximate surface area is 130 Å². The maximum Gasteiger partial charge on any atom is 0.276 e. The van der Waals surface area contributed by atoms with Gasteiger partial charge in [0.2, 0.25) is 5.76 Å². The van der Waals surface area contributed by atoms with Crippen molar-refractivity contribution in [3.05, 3.63) is 30.2 Å². The van der Waals surface area contributed by atoms with Gasteiger partial charge in [-0.3, -0.25) is 4.79 Å². The summed E-state index contributed by atoms with van der Waals surface area (Å²) in [5.74, 6) is 1.54. The van der Waals surface area contributed by atoms with Gasteiger partial charge in [0, 0.05) is 19.2 Å². The van der Waals surface area contributed by atoms with Crippen LogP contribution in [0.1, 0.15) is 49.5 Å². The second-order valence-corrected chi connectivity index (χ2v) is 6.11. The molecule has 3 rings (SSSR count). The first-order chi connectivity index (χ1) is 10.7. The Kier molecular flexibility index (Phi) is 4.32. The van der Waals surface area contributed by atoms with E-state index in [2.05, 4.69) is 12.1 Å². The van der Waals surface area contributed by atoms with E-state index in [9.17, 15) is 4.79 Å². The summed E-state index contributed by atoms with van der Waals surface area (Å²) in [5.41, 5.74) is 0.330. The van der Waals surface area contributed by atoms with Gasteiger partial charge in [0.1, 0.15) is 0 Å². The molecule has 1 fully saturated rings. The molecule has 1 aliphatic rings. The Morgan fingerprint density at radius 1 is 1.32 bits per heavy atom. The summed E-state index contributed by atoms with van der Waals surface area (Å²) in [5, 5.41) is 3.89. The van der Waals surface area contributed by atoms with E-state index >= 15 is 0 Å². The van der Waals surface area contributed by atoms with Gasteiger partial charge in [-0.25, -0.2) is 0 Å². The van der Waals surface area contributed by atoms with Crippen LogP contribution in [-0.2, 0) is 0 Å². The number of furan rings is 1. The first kappa shape index (κ1) is 14.9. The number of carbonyl (C=O) groups is 1. The quantitative estimate of drug-likeness (QED) is 0.857. The van der Waals surface area contributed by atoms with Gasteiger partial charge in [-0.1, -0.05) is 24.4 Å². The van der Waals surface area contributed by atoms with Gasteiger partial charge >= 0.3 is 0 Å². The molecule has 0 N–H and O–H groups in total. The molecule has 0 spiro atoms. The SMILES string of the molecule is CC(C1CCCCC1)N(C)C(=O)c1cc(-c2ccco2)on1. The predicted octanol–water partition coefficient (Wildman–Crippen LogP) is 3.98. The van der Waals surface area contributed by atoms with E-state index in [1.807, 2.05) is 7.05 Å². The van der Waals surface area contributed by atoms with Crippen LogP contribution in [0.15, 0.2) is 33.4 Å². The Balaban J connectivity index is 1.70. The number of rotatable bonds is 4. The van der Waals surface area contributed by atoms with E-state index in [0.717, 1.165) is 0 Å². The summed E-state index contributed by atoms with van der Waals surface area (Å²) < 4.78 is 10.5. The molecule has 118 valence electrons. The normalized spacial score (nSPS) is 17.4. The number of aromatic nitrogens is 1. The molecule has 0 aromatic carbocycles. The highest BCUT2D eigenvalue weighted by molar-refractivity contribution is 5.93. The van der Waals surface area contributed by atoms with E-state index in [0.29, 0.717) is 23.1 Å². The van der Waals surface area contributed by atoms with E-state index in [-0.39, 0.29) is 11.9 Å². The van der Waals surface area contributed by atoms with Crippen molar-refractivity contribution in [2.24, 2.45) is 5.92 Å². The van der Waals surface area contributed by atoms with Crippen molar-refractivity contribution in [3.63, 3.8) is 0 Å². The van der Waals surface area contributed by atoms with Gasteiger partial charge in [0.15, 0.2) is 11.5 Å². The molecular formula is C17H22N2O3. The lowest BCUT2D eigenvalue weighted by Gasteiger charge is -2.33. The average molecular weight is 302 g/mol. The first-order valence-electron chi connectivity index (χ1n) is 7.94. The standard InChI is InChI=1S/C17H22N2O3/c1-12(13-7-4-3-5-8-13)19(2)17(20)14-11-16(22-18-14)15-9-6-10-21-15/h6,9-13H,3-5,7-8H2,1-2H3. The van der Waals surface area contributed by atoms with Gasteiger partial charge in [-0.05, 0) is 37.8 Å². The van der Waals surface area contributed by atoms with Crippen LogP contribution >= 0.6 is 0 Å². The number of nitrogens with zero attached hydrogens (tertiary/aromatic N) is 2. The molecule has 5 heteroatoms. The smallest absolute Gasteiger partial charge is 0.276 e. The van der Waals surface area contributed by atoms with Crippen LogP contribution in [0, 0.1) is 5.92 Å². The number of carbonyl (C=O) groups excluding carboxylic acids is 1. The van der Waals surface area contributed by atoms with Gasteiger partial charge in [0.05, 0.1) is 6.26 Å². The van der Waals surface area contributed by atoms with Crippen LogP contribution < -0.4 is 0 Å². The van der Waals surface area contributed by atoms with Gasteiger partial charge in [0.25, 0.3) is 5.91 Å². The lowest BCUT2D eigenvalue weighted by atomic mass is 9.84. The molecule has 1 aliphatic carbocycles. The zero-order valence-corrected chi connectivity index (χ0v) is 13.1. The van der Waals surface area contributed by atoms with Gasteiger partial charge in [-0.2, -0.15) is 0 Å². The molecule has 1 unspecified atom stereocenters. The molecule has 2 heterocycles. The predicted molar refractivity (Wildman–Crippen MR) is 82.3 cm³/mol. The highest BCUT2D eigenvalue weighted by Crippen LogP contribution is 2.29. The third kappa shape index (κ3) is 2.93. The van der Waals surface area contributed by atoms with Crippen molar-refractivity contribution in [1.82, 2.24) is 10.1 Å². The maximum absolute atomic E-state index is 12.6. The summed E-state index contributed by atoms with van der Waals surface area (Å²) in [6.45, 7) is 2.13. The average Bonchev–Trinajstić information content (AvgIpc) is 3.24. The summed E-state index contributed by atoms with van der Waals surface area (Å²) >= 11 is 0. The molecule has 0 radical (unpaired) electrons. The Hall–Kier alpha value is -2.04. The molecule has 0 bridgehead atoms. The lowest BCUT2D eigenvalue weighted by molar-refractivity contribution is 0.0655. The number of amides is 1. The fraction of sp³-hybridized carbons (Fsp3) is 0.529. The van der Waals surface area contributed by atoms with Crippen LogP contribution in [0.3, 0.4) is 0 Å². The Morgan fingerprint density at radius 2 is 2.09 bits per heavy atom. The highest BCUT2D eigenvalue weighted by atomic mass is 16.5. The van der Waals surface area contributed by atoms with Gasteiger partial charge < -0.3 is 13.8 Å². The van der Waals surface area contributed by atoms with Crippen molar-refractivity contribution in [2.45, 2.75) is 45.1 Å². The van der Waals surface area contributed by atoms with E-state index in [1.54, 1.807) is 29.4 Å². The fourth-order valence-corrected chi connectivity index (χ4v) is 3.21. The highest BCUT2D eigenvalue weighted by Gasteiger charge is 2.28. The summed E-state index contributed by atoms with van der Waals surface area (Å²) in [6, 6.07) is 5.42. The second-order valence-electron chi connectivity index (χ2n) is 6.11. The van der Waals surface area contributed by atoms with Crippen molar-refractivity contribution in [1.29, 1.82) is 0 Å². The van der Waals surface area contributed by atoms with Crippen molar-refractivity contribution >= 4 is 5.91 Å². The van der Waals surface area contributed by atoms with E-state index in [1.165, 1.54) is 32.1 Å². The second kappa shape index (κ2) is 6.38. The summed E-state index contributed by atoms with van der Waals surface area (Å²) in [7, 11) is 1.85. The maximum atomic E-state index is 12.6. The number of hydrogen-bond acceptors (Lipinski definition) is 4. The van der Waals surface area contributed by atoms with Crippen LogP contribution in [0.4, 0.5) is 0 Å². The Bertz CT molecular complexity index is 612. The summed E-state index contributed by atoms with van der Waals surface area (Å²) in [6.07, 6.45) is 7.82. The molecule has 0 aliphatic heterocycles. The monoisotopic (exact) mass is 302 g/mol. The van der Waals surface area contributed by atoms with E-state index in [4.69, 9.17) is 8.94 Å². The Morgan fingerprint density at radius 3 is 2.77 bits per heavy atom. The van der Waals surface area contributed by atoms with E-state index < -0.39 is 0 Å². The zero-order chi connectivity index (χ0) is 15.5. The van der Waals surface area contributed by atoms with Crippen molar-refractivity contribution < 1.29 is 13.7 Å². The molecule has 1 atom stereocenters. The molecule has 2 aromatic heterocycles. The third-order valence-corrected chi connectivity index (χ3v) is 4.76. The topological polar surface area (TPSA) is 59.5 Å². The van der Waals surface area contributed by atoms with Crippen LogP contribution in [0.25, 0.3) is 11.5 Å². The third-order valence-electron chi connectivity index (χ3n) is 4.76. The number of hydrogen-bond donors (Lipinski definition) is 0. The van der Waals surface area contributed by atoms with Crippen molar-refractivity contribution in [2.75, 3.05) is 7.05 Å². The molecule has 2 aromatic rings. The van der Waals surface area contributed by atoms with Crippen LogP contribution in [0.5, 0.6) is 0 Å². The minimum absolute atomic E-state index is 0.0976. The molecule has 1 saturated carbocycles. The first-order valence-corrected chi connectivity index (χ1v) is 7.94. The molecule has 1 amide bonds. The molecular weight excluding hydrogens is 280 g/mol. The van der Waals surface area contributed by atoms with Crippen LogP contribution in [0.2, 0.25) is 0 Å². The van der Waals surface area contributed by atoms with Crippen molar-refractivity contribution in [3.8, 4) is 11.5 Å². The van der Waals surface area contributed by atoms with Gasteiger partial charge in [-0.15, -0.1) is 0 Å². The summed E-state index contributed by atoms with van der Waals surface area (Å²) in [4.78, 5) is 14.4. The fourth-order valence-electron chi connectivity index (χ4n) is 3.21. The molecule has 0 saturated heterocycles. The lowest BCUT2D eigenvalue weighted by Crippen LogP contribution is -2.40. The van der Waals surface area contributed by atoms with Crippen LogP contribution in [-0.4, -0.2) is 29.1 Å². The molecule has 22 heavy (non-hydrogen) atoms. The minimum Gasteiger partial charge on any atom is -0.461 e. The largest absolute Gasteiger partial charge is 0.461 e. The molecule has 5 nitrogen and oxygen atoms in total.